The van der Waals surface area contributed by atoms with Crippen LogP contribution in [0.5, 0.6) is 0 Å². The average molecular weight is 294 g/mol. The summed E-state index contributed by atoms with van der Waals surface area (Å²) < 4.78 is 0. The van der Waals surface area contributed by atoms with Gasteiger partial charge in [-0.2, -0.15) is 0 Å². The van der Waals surface area contributed by atoms with Gasteiger partial charge in [-0.1, -0.05) is 69.7 Å². The Morgan fingerprint density at radius 2 is 1.75 bits per heavy atom. The van der Waals surface area contributed by atoms with E-state index in [0.29, 0.717) is 6.04 Å². The van der Waals surface area contributed by atoms with Crippen LogP contribution in [0.2, 0.25) is 5.02 Å². The van der Waals surface area contributed by atoms with Gasteiger partial charge >= 0.3 is 0 Å². The van der Waals surface area contributed by atoms with Gasteiger partial charge in [0.25, 0.3) is 0 Å². The molecular weight excluding hydrogens is 266 g/mol. The van der Waals surface area contributed by atoms with Gasteiger partial charge in [0.15, 0.2) is 0 Å². The summed E-state index contributed by atoms with van der Waals surface area (Å²) in [6, 6.07) is 8.99. The average Bonchev–Trinajstić information content (AvgIpc) is 2.46. The zero-order valence-electron chi connectivity index (χ0n) is 12.9. The summed E-state index contributed by atoms with van der Waals surface area (Å²) >= 11 is 5.99. The minimum atomic E-state index is 0.575. The first-order valence-electron chi connectivity index (χ1n) is 8.13. The molecule has 1 nitrogen and oxygen atoms in total. The highest BCUT2D eigenvalue weighted by Gasteiger charge is 2.23. The fraction of sp³-hybridized carbons (Fsp3) is 0.667. The first-order chi connectivity index (χ1) is 9.65. The van der Waals surface area contributed by atoms with E-state index in [9.17, 15) is 0 Å². The molecule has 0 saturated heterocycles. The van der Waals surface area contributed by atoms with Gasteiger partial charge in [-0.05, 0) is 42.5 Å². The molecule has 0 aliphatic heterocycles. The van der Waals surface area contributed by atoms with E-state index in [1.807, 2.05) is 12.1 Å². The van der Waals surface area contributed by atoms with E-state index in [4.69, 9.17) is 11.6 Å². The predicted molar refractivity (Wildman–Crippen MR) is 88.4 cm³/mol. The van der Waals surface area contributed by atoms with Gasteiger partial charge in [0.05, 0.1) is 0 Å². The quantitative estimate of drug-likeness (QED) is 0.771. The van der Waals surface area contributed by atoms with Crippen molar-refractivity contribution in [3.8, 4) is 0 Å². The predicted octanol–water partition coefficient (Wildman–Crippen LogP) is 5.08. The Labute approximate surface area is 129 Å². The van der Waals surface area contributed by atoms with Crippen molar-refractivity contribution in [3.63, 3.8) is 0 Å². The normalized spacial score (nSPS) is 18.4. The second-order valence-corrected chi connectivity index (χ2v) is 6.99. The largest absolute Gasteiger partial charge is 0.314 e. The second kappa shape index (κ2) is 8.05. The maximum atomic E-state index is 5.99. The van der Waals surface area contributed by atoms with Crippen molar-refractivity contribution in [3.05, 3.63) is 34.9 Å². The van der Waals surface area contributed by atoms with Gasteiger partial charge in [-0.25, -0.2) is 0 Å². The second-order valence-electron chi connectivity index (χ2n) is 6.55. The molecule has 1 atom stereocenters. The molecule has 1 fully saturated rings. The lowest BCUT2D eigenvalue weighted by Crippen LogP contribution is -2.34. The molecule has 0 bridgehead atoms. The number of rotatable bonds is 6. The van der Waals surface area contributed by atoms with Crippen LogP contribution in [0, 0.1) is 11.8 Å². The Bertz CT molecular complexity index is 379. The molecule has 20 heavy (non-hydrogen) atoms. The zero-order valence-corrected chi connectivity index (χ0v) is 13.6. The van der Waals surface area contributed by atoms with Gasteiger partial charge in [-0.15, -0.1) is 0 Å². The zero-order chi connectivity index (χ0) is 14.4. The molecule has 0 heterocycles. The highest BCUT2D eigenvalue weighted by atomic mass is 35.5. The Morgan fingerprint density at radius 3 is 2.35 bits per heavy atom. The van der Waals surface area contributed by atoms with Crippen molar-refractivity contribution < 1.29 is 0 Å². The first-order valence-corrected chi connectivity index (χ1v) is 8.51. The monoisotopic (exact) mass is 293 g/mol. The lowest BCUT2D eigenvalue weighted by molar-refractivity contribution is 0.236. The molecule has 1 unspecified atom stereocenters. The summed E-state index contributed by atoms with van der Waals surface area (Å²) in [5.41, 5.74) is 1.43. The Hall–Kier alpha value is -0.530. The molecule has 2 heteroatoms. The Morgan fingerprint density at radius 1 is 1.10 bits per heavy atom. The molecule has 1 saturated carbocycles. The molecule has 112 valence electrons. The minimum Gasteiger partial charge on any atom is -0.314 e. The molecule has 1 aromatic carbocycles. The molecule has 2 rings (SSSR count). The highest BCUT2D eigenvalue weighted by Crippen LogP contribution is 2.32. The van der Waals surface area contributed by atoms with Gasteiger partial charge in [0.2, 0.25) is 0 Å². The molecule has 0 aromatic heterocycles. The molecule has 1 N–H and O–H groups in total. The van der Waals surface area contributed by atoms with Crippen LogP contribution in [0.15, 0.2) is 24.3 Å². The Kier molecular flexibility index (Phi) is 6.38. The van der Waals surface area contributed by atoms with Crippen molar-refractivity contribution in [1.29, 1.82) is 0 Å². The van der Waals surface area contributed by atoms with Crippen LogP contribution >= 0.6 is 11.6 Å². The van der Waals surface area contributed by atoms with Crippen LogP contribution in [0.3, 0.4) is 0 Å². The number of hydrogen-bond donors (Lipinski definition) is 1. The van der Waals surface area contributed by atoms with E-state index in [1.54, 1.807) is 0 Å². The van der Waals surface area contributed by atoms with E-state index < -0.39 is 0 Å². The van der Waals surface area contributed by atoms with Gasteiger partial charge in [-0.3, -0.25) is 0 Å². The maximum Gasteiger partial charge on any atom is 0.0406 e. The number of benzene rings is 1. The first kappa shape index (κ1) is 15.9. The minimum absolute atomic E-state index is 0.575. The molecule has 0 spiro atoms. The van der Waals surface area contributed by atoms with Crippen LogP contribution in [-0.4, -0.2) is 12.6 Å². The van der Waals surface area contributed by atoms with Crippen LogP contribution < -0.4 is 5.32 Å². The number of halogens is 1. The van der Waals surface area contributed by atoms with Crippen molar-refractivity contribution >= 4 is 11.6 Å². The van der Waals surface area contributed by atoms with Crippen molar-refractivity contribution in [2.45, 2.75) is 58.4 Å². The smallest absolute Gasteiger partial charge is 0.0406 e. The van der Waals surface area contributed by atoms with Gasteiger partial charge in [0.1, 0.15) is 0 Å². The third-order valence-corrected chi connectivity index (χ3v) is 4.77. The standard InChI is InChI=1S/C18H28ClN/c1-14(2)20-13-17(16-6-4-3-5-7-16)12-15-8-10-18(19)11-9-15/h8-11,14,16-17,20H,3-7,12-13H2,1-2H3. The molecule has 0 amide bonds. The van der Waals surface area contributed by atoms with Gasteiger partial charge < -0.3 is 5.32 Å². The number of hydrogen-bond acceptors (Lipinski definition) is 1. The van der Waals surface area contributed by atoms with E-state index in [2.05, 4.69) is 31.3 Å². The maximum absolute atomic E-state index is 5.99. The summed E-state index contributed by atoms with van der Waals surface area (Å²) in [6.45, 7) is 5.62. The van der Waals surface area contributed by atoms with E-state index >= 15 is 0 Å². The molecule has 1 aliphatic rings. The summed E-state index contributed by atoms with van der Waals surface area (Å²) in [5.74, 6) is 1.66. The summed E-state index contributed by atoms with van der Waals surface area (Å²) in [7, 11) is 0. The molecular formula is C18H28ClN. The fourth-order valence-electron chi connectivity index (χ4n) is 3.32. The van der Waals surface area contributed by atoms with Crippen molar-refractivity contribution in [2.75, 3.05) is 6.54 Å². The highest BCUT2D eigenvalue weighted by molar-refractivity contribution is 6.30. The van der Waals surface area contributed by atoms with Crippen LogP contribution in [0.25, 0.3) is 0 Å². The third-order valence-electron chi connectivity index (χ3n) is 4.52. The molecule has 1 aliphatic carbocycles. The third kappa shape index (κ3) is 5.10. The van der Waals surface area contributed by atoms with Crippen molar-refractivity contribution in [2.24, 2.45) is 11.8 Å². The summed E-state index contributed by atoms with van der Waals surface area (Å²) in [4.78, 5) is 0. The van der Waals surface area contributed by atoms with Gasteiger partial charge in [0, 0.05) is 11.1 Å². The Balaban J connectivity index is 1.98. The summed E-state index contributed by atoms with van der Waals surface area (Å²) in [5, 5.41) is 4.48. The van der Waals surface area contributed by atoms with E-state index in [0.717, 1.165) is 23.4 Å². The molecule has 1 aromatic rings. The van der Waals surface area contributed by atoms with Crippen LogP contribution in [0.1, 0.15) is 51.5 Å². The fourth-order valence-corrected chi connectivity index (χ4v) is 3.45. The van der Waals surface area contributed by atoms with E-state index in [-0.39, 0.29) is 0 Å². The molecule has 0 radical (unpaired) electrons. The van der Waals surface area contributed by atoms with Crippen LogP contribution in [0.4, 0.5) is 0 Å². The topological polar surface area (TPSA) is 12.0 Å². The summed E-state index contributed by atoms with van der Waals surface area (Å²) in [6.07, 6.45) is 8.28. The lowest BCUT2D eigenvalue weighted by atomic mass is 9.77. The van der Waals surface area contributed by atoms with Crippen LogP contribution in [-0.2, 0) is 6.42 Å². The van der Waals surface area contributed by atoms with Crippen molar-refractivity contribution in [1.82, 2.24) is 5.32 Å². The lowest BCUT2D eigenvalue weighted by Gasteiger charge is -2.31. The number of nitrogens with one attached hydrogen (secondary N) is 1. The SMILES string of the molecule is CC(C)NCC(Cc1ccc(Cl)cc1)C1CCCCC1. The van der Waals surface area contributed by atoms with E-state index in [1.165, 1.54) is 44.1 Å².